The summed E-state index contributed by atoms with van der Waals surface area (Å²) in [4.78, 5) is 24.1. The topological polar surface area (TPSA) is 83.6 Å². The molecular formula is C18H18Cl2N2O4S. The lowest BCUT2D eigenvalue weighted by Crippen LogP contribution is -2.45. The number of nitrogens with zero attached hydrogens (tertiary/aromatic N) is 1. The predicted molar refractivity (Wildman–Crippen MR) is 108 cm³/mol. The Hall–Kier alpha value is -2.09. The van der Waals surface area contributed by atoms with Gasteiger partial charge in [-0.2, -0.15) is 0 Å². The summed E-state index contributed by atoms with van der Waals surface area (Å²) < 4.78 is 25.6. The molecule has 0 bridgehead atoms. The Labute approximate surface area is 168 Å². The second-order valence-corrected chi connectivity index (χ2v) is 8.72. The minimum Gasteiger partial charge on any atom is -0.324 e. The van der Waals surface area contributed by atoms with Crippen LogP contribution in [0.15, 0.2) is 42.5 Å². The lowest BCUT2D eigenvalue weighted by molar-refractivity contribution is -0.116. The van der Waals surface area contributed by atoms with Gasteiger partial charge in [-0.1, -0.05) is 35.3 Å². The maximum Gasteiger partial charge on any atom is 0.247 e. The van der Waals surface area contributed by atoms with Crippen molar-refractivity contribution in [2.75, 3.05) is 15.9 Å². The molecule has 0 saturated carbocycles. The minimum atomic E-state index is -3.81. The highest BCUT2D eigenvalue weighted by Gasteiger charge is 2.29. The summed E-state index contributed by atoms with van der Waals surface area (Å²) in [5.74, 6) is -0.720. The molecule has 9 heteroatoms. The first-order chi connectivity index (χ1) is 12.5. The van der Waals surface area contributed by atoms with Crippen molar-refractivity contribution in [3.05, 3.63) is 58.1 Å². The molecule has 0 aliphatic heterocycles. The number of ketones is 1. The van der Waals surface area contributed by atoms with E-state index in [1.807, 2.05) is 0 Å². The number of halogens is 2. The van der Waals surface area contributed by atoms with Gasteiger partial charge in [0.15, 0.2) is 5.78 Å². The Bertz CT molecular complexity index is 972. The number of amides is 1. The van der Waals surface area contributed by atoms with Crippen LogP contribution in [-0.2, 0) is 14.8 Å². The van der Waals surface area contributed by atoms with Gasteiger partial charge in [-0.3, -0.25) is 13.9 Å². The normalized spacial score (nSPS) is 12.3. The van der Waals surface area contributed by atoms with Crippen LogP contribution >= 0.6 is 23.2 Å². The fourth-order valence-electron chi connectivity index (χ4n) is 2.54. The Kier molecular flexibility index (Phi) is 6.51. The van der Waals surface area contributed by atoms with Gasteiger partial charge in [0.25, 0.3) is 0 Å². The van der Waals surface area contributed by atoms with Crippen molar-refractivity contribution in [1.82, 2.24) is 0 Å². The number of carbonyl (C=O) groups is 2. The number of anilines is 2. The average Bonchev–Trinajstić information content (AvgIpc) is 2.52. The highest BCUT2D eigenvalue weighted by molar-refractivity contribution is 7.92. The van der Waals surface area contributed by atoms with E-state index in [1.54, 1.807) is 18.2 Å². The summed E-state index contributed by atoms with van der Waals surface area (Å²) in [6, 6.07) is 9.58. The number of benzene rings is 2. The van der Waals surface area contributed by atoms with Crippen LogP contribution < -0.4 is 9.62 Å². The summed E-state index contributed by atoms with van der Waals surface area (Å²) in [5.41, 5.74) is 0.995. The molecule has 1 atom stereocenters. The number of hydrogen-bond donors (Lipinski definition) is 1. The van der Waals surface area contributed by atoms with E-state index in [4.69, 9.17) is 23.2 Å². The molecule has 0 aromatic heterocycles. The lowest BCUT2D eigenvalue weighted by atomic mass is 10.1. The van der Waals surface area contributed by atoms with Crippen LogP contribution in [0.4, 0.5) is 11.4 Å². The summed E-state index contributed by atoms with van der Waals surface area (Å²) in [6.07, 6.45) is 0.988. The molecule has 27 heavy (non-hydrogen) atoms. The van der Waals surface area contributed by atoms with Crippen molar-refractivity contribution < 1.29 is 18.0 Å². The van der Waals surface area contributed by atoms with Gasteiger partial charge in [0.2, 0.25) is 15.9 Å². The molecule has 0 unspecified atom stereocenters. The quantitative estimate of drug-likeness (QED) is 0.704. The van der Waals surface area contributed by atoms with Gasteiger partial charge in [-0.05, 0) is 44.2 Å². The number of Topliss-reactive ketones (excluding diaryl/α,β-unsaturated/α-hetero) is 1. The molecule has 0 spiro atoms. The monoisotopic (exact) mass is 428 g/mol. The molecule has 0 saturated heterocycles. The van der Waals surface area contributed by atoms with Gasteiger partial charge in [0.1, 0.15) is 6.04 Å². The van der Waals surface area contributed by atoms with Gasteiger partial charge >= 0.3 is 0 Å². The fraction of sp³-hybridized carbons (Fsp3) is 0.222. The molecule has 1 N–H and O–H groups in total. The maximum atomic E-state index is 12.7. The van der Waals surface area contributed by atoms with Gasteiger partial charge in [0, 0.05) is 21.3 Å². The van der Waals surface area contributed by atoms with Crippen molar-refractivity contribution in [3.8, 4) is 0 Å². The van der Waals surface area contributed by atoms with Crippen LogP contribution in [-0.4, -0.2) is 32.4 Å². The Morgan fingerprint density at radius 3 is 2.19 bits per heavy atom. The summed E-state index contributed by atoms with van der Waals surface area (Å²) in [6.45, 7) is 2.86. The zero-order valence-electron chi connectivity index (χ0n) is 14.9. The van der Waals surface area contributed by atoms with Gasteiger partial charge in [-0.15, -0.1) is 0 Å². The van der Waals surface area contributed by atoms with E-state index < -0.39 is 22.0 Å². The first-order valence-corrected chi connectivity index (χ1v) is 10.5. The molecule has 0 heterocycles. The van der Waals surface area contributed by atoms with E-state index >= 15 is 0 Å². The largest absolute Gasteiger partial charge is 0.324 e. The van der Waals surface area contributed by atoms with Crippen LogP contribution in [0.3, 0.4) is 0 Å². The number of hydrogen-bond acceptors (Lipinski definition) is 4. The summed E-state index contributed by atoms with van der Waals surface area (Å²) in [7, 11) is -3.81. The van der Waals surface area contributed by atoms with Gasteiger partial charge < -0.3 is 5.32 Å². The standard InChI is InChI=1S/C18H18Cl2N2O4S/c1-11(18(24)21-16-6-4-5-13(7-16)12(2)23)22(27(3,25)26)17-9-14(19)8-15(20)10-17/h4-11H,1-3H3,(H,21,24)/t11-/m1/s1. The van der Waals surface area contributed by atoms with Crippen molar-refractivity contribution in [3.63, 3.8) is 0 Å². The van der Waals surface area contributed by atoms with Crippen molar-refractivity contribution in [2.24, 2.45) is 0 Å². The van der Waals surface area contributed by atoms with E-state index in [0.717, 1.165) is 10.6 Å². The molecule has 0 fully saturated rings. The third-order valence-corrected chi connectivity index (χ3v) is 5.41. The van der Waals surface area contributed by atoms with E-state index in [2.05, 4.69) is 5.32 Å². The van der Waals surface area contributed by atoms with Crippen LogP contribution in [0.1, 0.15) is 24.2 Å². The number of nitrogens with one attached hydrogen (secondary N) is 1. The second kappa shape index (κ2) is 8.29. The van der Waals surface area contributed by atoms with Crippen LogP contribution in [0, 0.1) is 0 Å². The zero-order valence-corrected chi connectivity index (χ0v) is 17.2. The highest BCUT2D eigenvalue weighted by Crippen LogP contribution is 2.29. The fourth-order valence-corrected chi connectivity index (χ4v) is 4.21. The average molecular weight is 429 g/mol. The first-order valence-electron chi connectivity index (χ1n) is 7.86. The van der Waals surface area contributed by atoms with E-state index in [1.165, 1.54) is 38.1 Å². The SMILES string of the molecule is CC(=O)c1cccc(NC(=O)[C@@H](C)N(c2cc(Cl)cc(Cl)c2)S(C)(=O)=O)c1. The Morgan fingerprint density at radius 1 is 1.07 bits per heavy atom. The Morgan fingerprint density at radius 2 is 1.67 bits per heavy atom. The third kappa shape index (κ3) is 5.45. The maximum absolute atomic E-state index is 12.7. The molecule has 144 valence electrons. The minimum absolute atomic E-state index is 0.148. The van der Waals surface area contributed by atoms with Gasteiger partial charge in [0.05, 0.1) is 11.9 Å². The third-order valence-electron chi connectivity index (χ3n) is 3.73. The number of carbonyl (C=O) groups excluding carboxylic acids is 2. The van der Waals surface area contributed by atoms with Crippen LogP contribution in [0.25, 0.3) is 0 Å². The van der Waals surface area contributed by atoms with Crippen molar-refractivity contribution in [2.45, 2.75) is 19.9 Å². The van der Waals surface area contributed by atoms with Crippen molar-refractivity contribution in [1.29, 1.82) is 0 Å². The summed E-state index contributed by atoms with van der Waals surface area (Å²) in [5, 5.41) is 3.11. The number of rotatable bonds is 6. The molecule has 0 aliphatic carbocycles. The second-order valence-electron chi connectivity index (χ2n) is 5.99. The highest BCUT2D eigenvalue weighted by atomic mass is 35.5. The van der Waals surface area contributed by atoms with E-state index in [0.29, 0.717) is 11.3 Å². The summed E-state index contributed by atoms with van der Waals surface area (Å²) >= 11 is 11.9. The zero-order chi connectivity index (χ0) is 20.4. The molecule has 1 amide bonds. The van der Waals surface area contributed by atoms with E-state index in [-0.39, 0.29) is 21.5 Å². The number of sulfonamides is 1. The Balaban J connectivity index is 2.35. The predicted octanol–water partition coefficient (Wildman–Crippen LogP) is 3.99. The molecule has 0 radical (unpaired) electrons. The molecule has 2 rings (SSSR count). The molecular weight excluding hydrogens is 411 g/mol. The van der Waals surface area contributed by atoms with Crippen LogP contribution in [0.5, 0.6) is 0 Å². The molecule has 2 aromatic carbocycles. The van der Waals surface area contributed by atoms with Crippen molar-refractivity contribution >= 4 is 56.3 Å². The molecule has 2 aromatic rings. The first kappa shape index (κ1) is 21.2. The molecule has 0 aliphatic rings. The van der Waals surface area contributed by atoms with E-state index in [9.17, 15) is 18.0 Å². The molecule has 6 nitrogen and oxygen atoms in total. The van der Waals surface area contributed by atoms with Gasteiger partial charge in [-0.25, -0.2) is 8.42 Å². The smallest absolute Gasteiger partial charge is 0.247 e. The van der Waals surface area contributed by atoms with Crippen LogP contribution in [0.2, 0.25) is 10.0 Å². The lowest BCUT2D eigenvalue weighted by Gasteiger charge is -2.28.